The van der Waals surface area contributed by atoms with Crippen molar-refractivity contribution in [1.29, 1.82) is 0 Å². The first-order valence-corrected chi connectivity index (χ1v) is 12.1. The van der Waals surface area contributed by atoms with E-state index in [1.165, 1.54) is 23.9 Å². The molecule has 1 N–H and O–H groups in total. The second-order valence-electron chi connectivity index (χ2n) is 6.76. The second kappa shape index (κ2) is 11.7. The van der Waals surface area contributed by atoms with Gasteiger partial charge in [-0.2, -0.15) is 0 Å². The molecule has 0 saturated carbocycles. The zero-order valence-electron chi connectivity index (χ0n) is 17.4. The van der Waals surface area contributed by atoms with Crippen LogP contribution in [0.5, 0.6) is 0 Å². The van der Waals surface area contributed by atoms with Crippen LogP contribution in [0.15, 0.2) is 66.3 Å². The van der Waals surface area contributed by atoms with Gasteiger partial charge in [-0.15, -0.1) is 28.5 Å². The summed E-state index contributed by atoms with van der Waals surface area (Å²) in [4.78, 5) is 12.4. The molecule has 162 valence electrons. The van der Waals surface area contributed by atoms with Gasteiger partial charge in [0.15, 0.2) is 5.16 Å². The number of halogens is 1. The van der Waals surface area contributed by atoms with Gasteiger partial charge in [0.05, 0.1) is 11.5 Å². The van der Waals surface area contributed by atoms with Crippen molar-refractivity contribution in [1.82, 2.24) is 14.8 Å². The summed E-state index contributed by atoms with van der Waals surface area (Å²) < 4.78 is 15.0. The molecule has 1 amide bonds. The van der Waals surface area contributed by atoms with Crippen molar-refractivity contribution < 1.29 is 9.18 Å². The summed E-state index contributed by atoms with van der Waals surface area (Å²) in [6.45, 7) is 6.45. The molecule has 1 heterocycles. The number of rotatable bonds is 11. The second-order valence-corrected chi connectivity index (χ2v) is 8.69. The maximum atomic E-state index is 13.0. The predicted octanol–water partition coefficient (Wildman–Crippen LogP) is 5.33. The van der Waals surface area contributed by atoms with E-state index in [1.54, 1.807) is 30.0 Å². The van der Waals surface area contributed by atoms with E-state index in [-0.39, 0.29) is 17.5 Å². The third-order valence-electron chi connectivity index (χ3n) is 4.52. The number of carbonyl (C=O) groups is 1. The van der Waals surface area contributed by atoms with Gasteiger partial charge >= 0.3 is 0 Å². The minimum absolute atomic E-state index is 0.0775. The van der Waals surface area contributed by atoms with Gasteiger partial charge in [-0.1, -0.05) is 55.1 Å². The monoisotopic (exact) mass is 456 g/mol. The maximum Gasteiger partial charge on any atom is 0.234 e. The fourth-order valence-electron chi connectivity index (χ4n) is 2.95. The van der Waals surface area contributed by atoms with Crippen LogP contribution in [0.2, 0.25) is 0 Å². The summed E-state index contributed by atoms with van der Waals surface area (Å²) in [5.74, 6) is 2.18. The van der Waals surface area contributed by atoms with Crippen LogP contribution in [-0.2, 0) is 29.3 Å². The summed E-state index contributed by atoms with van der Waals surface area (Å²) in [6, 6.07) is 14.3. The number of anilines is 1. The Kier molecular flexibility index (Phi) is 8.73. The minimum atomic E-state index is -0.233. The number of hydrogen-bond acceptors (Lipinski definition) is 5. The molecule has 8 heteroatoms. The van der Waals surface area contributed by atoms with Gasteiger partial charge in [0, 0.05) is 18.0 Å². The molecular formula is C23H25FN4OS2. The van der Waals surface area contributed by atoms with Crippen LogP contribution in [0.3, 0.4) is 0 Å². The van der Waals surface area contributed by atoms with Gasteiger partial charge in [0.1, 0.15) is 11.6 Å². The average molecular weight is 457 g/mol. The average Bonchev–Trinajstić information content (AvgIpc) is 3.16. The van der Waals surface area contributed by atoms with Crippen LogP contribution in [0.4, 0.5) is 10.1 Å². The lowest BCUT2D eigenvalue weighted by Gasteiger charge is -2.10. The molecule has 5 nitrogen and oxygen atoms in total. The van der Waals surface area contributed by atoms with Gasteiger partial charge in [0.25, 0.3) is 0 Å². The fraction of sp³-hybridized carbons (Fsp3) is 0.261. The van der Waals surface area contributed by atoms with Crippen LogP contribution in [0.25, 0.3) is 0 Å². The van der Waals surface area contributed by atoms with Crippen molar-refractivity contribution in [2.75, 3.05) is 11.1 Å². The van der Waals surface area contributed by atoms with Gasteiger partial charge in [-0.05, 0) is 35.7 Å². The molecule has 0 aliphatic carbocycles. The zero-order valence-corrected chi connectivity index (χ0v) is 19.0. The van der Waals surface area contributed by atoms with Gasteiger partial charge in [-0.3, -0.25) is 4.79 Å². The van der Waals surface area contributed by atoms with Crippen molar-refractivity contribution >= 4 is 35.1 Å². The van der Waals surface area contributed by atoms with Gasteiger partial charge in [-0.25, -0.2) is 4.39 Å². The number of amides is 1. The van der Waals surface area contributed by atoms with Crippen LogP contribution in [-0.4, -0.2) is 26.4 Å². The summed E-state index contributed by atoms with van der Waals surface area (Å²) in [5.41, 5.74) is 3.01. The first-order valence-electron chi connectivity index (χ1n) is 9.96. The molecule has 0 atom stereocenters. The van der Waals surface area contributed by atoms with E-state index in [4.69, 9.17) is 0 Å². The van der Waals surface area contributed by atoms with E-state index >= 15 is 0 Å². The molecule has 3 aromatic rings. The Morgan fingerprint density at radius 3 is 2.68 bits per heavy atom. The molecule has 0 unspecified atom stereocenters. The number of nitrogens with one attached hydrogen (secondary N) is 1. The molecule has 3 rings (SSSR count). The zero-order chi connectivity index (χ0) is 22.1. The summed E-state index contributed by atoms with van der Waals surface area (Å²) in [5, 5.41) is 12.2. The van der Waals surface area contributed by atoms with Crippen molar-refractivity contribution in [3.8, 4) is 0 Å². The van der Waals surface area contributed by atoms with E-state index in [2.05, 4.69) is 29.0 Å². The SMILES string of the molecule is C=CCn1c(CSCc2ccc(F)cc2)nnc1SCC(=O)Nc1ccccc1CC. The van der Waals surface area contributed by atoms with Gasteiger partial charge in [0.2, 0.25) is 5.91 Å². The minimum Gasteiger partial charge on any atom is -0.325 e. The molecule has 0 aliphatic heterocycles. The molecule has 0 spiro atoms. The number of thioether (sulfide) groups is 2. The molecule has 0 fully saturated rings. The van der Waals surface area contributed by atoms with Gasteiger partial charge < -0.3 is 9.88 Å². The first-order chi connectivity index (χ1) is 15.1. The molecule has 1 aromatic heterocycles. The number of aromatic nitrogens is 3. The molecular weight excluding hydrogens is 431 g/mol. The quantitative estimate of drug-likeness (QED) is 0.312. The molecule has 0 bridgehead atoms. The Labute approximate surface area is 190 Å². The number of para-hydroxylation sites is 1. The van der Waals surface area contributed by atoms with Crippen LogP contribution >= 0.6 is 23.5 Å². The number of allylic oxidation sites excluding steroid dienone is 1. The highest BCUT2D eigenvalue weighted by Crippen LogP contribution is 2.23. The van der Waals surface area contributed by atoms with Crippen LogP contribution in [0.1, 0.15) is 23.9 Å². The highest BCUT2D eigenvalue weighted by atomic mass is 32.2. The summed E-state index contributed by atoms with van der Waals surface area (Å²) >= 11 is 3.04. The van der Waals surface area contributed by atoms with Crippen molar-refractivity contribution in [3.63, 3.8) is 0 Å². The normalized spacial score (nSPS) is 10.8. The lowest BCUT2D eigenvalue weighted by Crippen LogP contribution is -2.16. The van der Waals surface area contributed by atoms with E-state index in [1.807, 2.05) is 28.8 Å². The Morgan fingerprint density at radius 2 is 1.94 bits per heavy atom. The summed E-state index contributed by atoms with van der Waals surface area (Å²) in [7, 11) is 0. The van der Waals surface area contributed by atoms with Crippen molar-refractivity contribution in [2.45, 2.75) is 36.6 Å². The van der Waals surface area contributed by atoms with Crippen LogP contribution in [0, 0.1) is 5.82 Å². The van der Waals surface area contributed by atoms with E-state index in [0.717, 1.165) is 34.8 Å². The number of carbonyl (C=O) groups excluding carboxylic acids is 1. The molecule has 0 aliphatic rings. The smallest absolute Gasteiger partial charge is 0.234 e. The van der Waals surface area contributed by atoms with E-state index in [0.29, 0.717) is 17.5 Å². The lowest BCUT2D eigenvalue weighted by atomic mass is 10.1. The highest BCUT2D eigenvalue weighted by molar-refractivity contribution is 7.99. The maximum absolute atomic E-state index is 13.0. The molecule has 0 saturated heterocycles. The van der Waals surface area contributed by atoms with Crippen molar-refractivity contribution in [3.05, 3.63) is 84.0 Å². The number of nitrogens with zero attached hydrogens (tertiary/aromatic N) is 3. The molecule has 31 heavy (non-hydrogen) atoms. The molecule has 0 radical (unpaired) electrons. The fourth-order valence-corrected chi connectivity index (χ4v) is 4.65. The third-order valence-corrected chi connectivity index (χ3v) is 6.49. The Morgan fingerprint density at radius 1 is 1.16 bits per heavy atom. The first kappa shape index (κ1) is 23.1. The van der Waals surface area contributed by atoms with Crippen LogP contribution < -0.4 is 5.32 Å². The standard InChI is InChI=1S/C23H25FN4OS2/c1-3-13-28-21(15-30-14-17-9-11-19(24)12-10-17)26-27-23(28)31-16-22(29)25-20-8-6-5-7-18(20)4-2/h3,5-12H,1,4,13-16H2,2H3,(H,25,29). The predicted molar refractivity (Wildman–Crippen MR) is 127 cm³/mol. The topological polar surface area (TPSA) is 59.8 Å². The molecule has 2 aromatic carbocycles. The van der Waals surface area contributed by atoms with Crippen molar-refractivity contribution in [2.24, 2.45) is 0 Å². The number of aryl methyl sites for hydroxylation is 1. The van der Waals surface area contributed by atoms with E-state index in [9.17, 15) is 9.18 Å². The van der Waals surface area contributed by atoms with E-state index < -0.39 is 0 Å². The Bertz CT molecular complexity index is 1020. The lowest BCUT2D eigenvalue weighted by molar-refractivity contribution is -0.113. The largest absolute Gasteiger partial charge is 0.325 e. The third kappa shape index (κ3) is 6.70. The summed E-state index contributed by atoms with van der Waals surface area (Å²) in [6.07, 6.45) is 2.65. The Balaban J connectivity index is 1.57. The highest BCUT2D eigenvalue weighted by Gasteiger charge is 2.14. The number of benzene rings is 2. The Hall–Kier alpha value is -2.58. The number of hydrogen-bond donors (Lipinski definition) is 1.